The normalized spacial score (nSPS) is 14.8. The average molecular weight is 401 g/mol. The van der Waals surface area contributed by atoms with Crippen LogP contribution in [-0.2, 0) is 9.53 Å². The van der Waals surface area contributed by atoms with Crippen molar-refractivity contribution in [3.8, 4) is 5.75 Å². The van der Waals surface area contributed by atoms with Crippen LogP contribution in [0.2, 0.25) is 10.0 Å². The lowest BCUT2D eigenvalue weighted by Gasteiger charge is -2.29. The van der Waals surface area contributed by atoms with Crippen LogP contribution in [0.15, 0.2) is 18.2 Å². The molecule has 0 radical (unpaired) electrons. The number of hydrogen-bond donors (Lipinski definition) is 1. The maximum atomic E-state index is 13.4. The Hall–Kier alpha value is -1.44. The molecule has 4 nitrogen and oxygen atoms in total. The minimum atomic E-state index is -5.24. The minimum absolute atomic E-state index is 0.00713. The number of halogens is 5. The molecule has 0 fully saturated rings. The fraction of sp³-hybridized carbons (Fsp3) is 0.438. The van der Waals surface area contributed by atoms with Crippen LogP contribution in [0.4, 0.5) is 13.2 Å². The van der Waals surface area contributed by atoms with E-state index in [0.29, 0.717) is 0 Å². The Bertz CT molecular complexity index is 674. The summed E-state index contributed by atoms with van der Waals surface area (Å²) in [5.41, 5.74) is -3.54. The Morgan fingerprint density at radius 2 is 1.92 bits per heavy atom. The van der Waals surface area contributed by atoms with Gasteiger partial charge in [0, 0.05) is 12.0 Å². The molecule has 0 bridgehead atoms. The smallest absolute Gasteiger partial charge is 0.428 e. The second-order valence-electron chi connectivity index (χ2n) is 5.01. The van der Waals surface area contributed by atoms with Gasteiger partial charge in [0.05, 0.1) is 18.7 Å². The summed E-state index contributed by atoms with van der Waals surface area (Å²) in [5, 5.41) is 10.2. The van der Waals surface area contributed by atoms with Crippen LogP contribution >= 0.6 is 23.2 Å². The van der Waals surface area contributed by atoms with E-state index < -0.39 is 24.2 Å². The highest BCUT2D eigenvalue weighted by Crippen LogP contribution is 2.43. The van der Waals surface area contributed by atoms with Crippen molar-refractivity contribution >= 4 is 34.7 Å². The third-order valence-corrected chi connectivity index (χ3v) is 4.26. The van der Waals surface area contributed by atoms with Crippen LogP contribution < -0.4 is 4.74 Å². The molecule has 25 heavy (non-hydrogen) atoms. The third-order valence-electron chi connectivity index (χ3n) is 3.48. The first-order chi connectivity index (χ1) is 11.5. The van der Waals surface area contributed by atoms with Crippen molar-refractivity contribution < 1.29 is 32.5 Å². The molecule has 1 aromatic rings. The number of benzene rings is 1. The summed E-state index contributed by atoms with van der Waals surface area (Å²) in [6, 6.07) is 2.77. The van der Waals surface area contributed by atoms with E-state index in [1.807, 2.05) is 0 Å². The molecule has 0 aliphatic carbocycles. The van der Waals surface area contributed by atoms with Crippen molar-refractivity contribution in [1.29, 1.82) is 0 Å². The molecule has 0 aliphatic rings. The fourth-order valence-corrected chi connectivity index (χ4v) is 2.54. The van der Waals surface area contributed by atoms with Gasteiger partial charge in [-0.1, -0.05) is 29.3 Å². The minimum Gasteiger partial charge on any atom is -0.494 e. The zero-order chi connectivity index (χ0) is 19.4. The standard InChI is InChI=1S/C16H17Cl2F3O4/c1-4-9(10-6-7-11(17)12(18)13(10)24-3)8-15(23,16(19,20)21)14(22)25-5-2/h4,6-7,23H,5,8H2,1-3H3. The number of allylic oxidation sites excluding steroid dienone is 1. The van der Waals surface area contributed by atoms with E-state index in [1.165, 1.54) is 39.2 Å². The van der Waals surface area contributed by atoms with Crippen molar-refractivity contribution in [2.24, 2.45) is 0 Å². The molecule has 1 N–H and O–H groups in total. The zero-order valence-electron chi connectivity index (χ0n) is 13.7. The van der Waals surface area contributed by atoms with Gasteiger partial charge in [-0.3, -0.25) is 0 Å². The van der Waals surface area contributed by atoms with E-state index in [4.69, 9.17) is 27.9 Å². The van der Waals surface area contributed by atoms with Crippen molar-refractivity contribution in [1.82, 2.24) is 0 Å². The van der Waals surface area contributed by atoms with Gasteiger partial charge in [-0.25, -0.2) is 4.79 Å². The molecule has 0 saturated carbocycles. The SMILES string of the molecule is CC=C(CC(O)(C(=O)OCC)C(F)(F)F)c1ccc(Cl)c(Cl)c1OC. The van der Waals surface area contributed by atoms with Gasteiger partial charge < -0.3 is 14.6 Å². The summed E-state index contributed by atoms with van der Waals surface area (Å²) >= 11 is 11.9. The molecule has 0 heterocycles. The highest BCUT2D eigenvalue weighted by Gasteiger charge is 2.61. The van der Waals surface area contributed by atoms with Crippen molar-refractivity contribution in [3.63, 3.8) is 0 Å². The fourth-order valence-electron chi connectivity index (χ4n) is 2.15. The van der Waals surface area contributed by atoms with Gasteiger partial charge in [-0.15, -0.1) is 0 Å². The van der Waals surface area contributed by atoms with E-state index in [2.05, 4.69) is 4.74 Å². The van der Waals surface area contributed by atoms with Gasteiger partial charge in [0.2, 0.25) is 0 Å². The summed E-state index contributed by atoms with van der Waals surface area (Å²) in [6.45, 7) is 2.49. The Balaban J connectivity index is 3.42. The quantitative estimate of drug-likeness (QED) is 0.705. The zero-order valence-corrected chi connectivity index (χ0v) is 15.2. The molecule has 0 amide bonds. The first-order valence-electron chi connectivity index (χ1n) is 7.17. The molecular weight excluding hydrogens is 384 g/mol. The van der Waals surface area contributed by atoms with Crippen LogP contribution in [-0.4, -0.2) is 36.6 Å². The summed E-state index contributed by atoms with van der Waals surface area (Å²) in [4.78, 5) is 11.8. The number of methoxy groups -OCH3 is 1. The van der Waals surface area contributed by atoms with Gasteiger partial charge in [0.25, 0.3) is 5.60 Å². The molecule has 0 aromatic heterocycles. The first kappa shape index (κ1) is 21.6. The van der Waals surface area contributed by atoms with Crippen molar-refractivity contribution in [2.45, 2.75) is 32.0 Å². The van der Waals surface area contributed by atoms with Gasteiger partial charge in [-0.2, -0.15) is 13.2 Å². The maximum Gasteiger partial charge on any atom is 0.428 e. The summed E-state index contributed by atoms with van der Waals surface area (Å²) in [7, 11) is 1.27. The highest BCUT2D eigenvalue weighted by molar-refractivity contribution is 6.43. The highest BCUT2D eigenvalue weighted by atomic mass is 35.5. The van der Waals surface area contributed by atoms with Gasteiger partial charge in [-0.05, 0) is 31.6 Å². The first-order valence-corrected chi connectivity index (χ1v) is 7.92. The van der Waals surface area contributed by atoms with E-state index in [-0.39, 0.29) is 33.5 Å². The lowest BCUT2D eigenvalue weighted by Crippen LogP contribution is -2.53. The lowest BCUT2D eigenvalue weighted by atomic mass is 9.89. The molecule has 1 unspecified atom stereocenters. The molecular formula is C16H17Cl2F3O4. The predicted octanol–water partition coefficient (Wildman–Crippen LogP) is 4.65. The van der Waals surface area contributed by atoms with E-state index in [0.717, 1.165) is 0 Å². The Labute approximate surface area is 153 Å². The number of carbonyl (C=O) groups excluding carboxylic acids is 1. The number of esters is 1. The molecule has 0 aliphatic heterocycles. The van der Waals surface area contributed by atoms with E-state index in [1.54, 1.807) is 0 Å². The molecule has 0 saturated heterocycles. The summed E-state index contributed by atoms with van der Waals surface area (Å²) in [6.07, 6.45) is -4.99. The van der Waals surface area contributed by atoms with Gasteiger partial charge >= 0.3 is 12.1 Å². The number of carbonyl (C=O) groups is 1. The number of aliphatic hydroxyl groups is 1. The predicted molar refractivity (Wildman–Crippen MR) is 88.9 cm³/mol. The van der Waals surface area contributed by atoms with Crippen LogP contribution in [0.1, 0.15) is 25.8 Å². The summed E-state index contributed by atoms with van der Waals surface area (Å²) < 4.78 is 49.6. The van der Waals surface area contributed by atoms with E-state index in [9.17, 15) is 23.1 Å². The number of alkyl halides is 3. The molecule has 140 valence electrons. The second-order valence-corrected chi connectivity index (χ2v) is 5.80. The van der Waals surface area contributed by atoms with Gasteiger partial charge in [0.15, 0.2) is 0 Å². The monoisotopic (exact) mass is 400 g/mol. The van der Waals surface area contributed by atoms with Crippen LogP contribution in [0.5, 0.6) is 5.75 Å². The topological polar surface area (TPSA) is 55.8 Å². The van der Waals surface area contributed by atoms with E-state index >= 15 is 0 Å². The van der Waals surface area contributed by atoms with Crippen LogP contribution in [0.25, 0.3) is 5.57 Å². The maximum absolute atomic E-state index is 13.4. The van der Waals surface area contributed by atoms with Crippen LogP contribution in [0, 0.1) is 0 Å². The number of ether oxygens (including phenoxy) is 2. The second kappa shape index (κ2) is 8.29. The Kier molecular flexibility index (Phi) is 7.17. The molecule has 1 aromatic carbocycles. The van der Waals surface area contributed by atoms with Gasteiger partial charge in [0.1, 0.15) is 10.8 Å². The average Bonchev–Trinajstić information content (AvgIpc) is 2.54. The van der Waals surface area contributed by atoms with Crippen molar-refractivity contribution in [3.05, 3.63) is 33.8 Å². The molecule has 9 heteroatoms. The largest absolute Gasteiger partial charge is 0.494 e. The lowest BCUT2D eigenvalue weighted by molar-refractivity contribution is -0.260. The molecule has 0 spiro atoms. The Morgan fingerprint density at radius 3 is 2.36 bits per heavy atom. The summed E-state index contributed by atoms with van der Waals surface area (Å²) in [5.74, 6) is -1.74. The third kappa shape index (κ3) is 4.40. The number of hydrogen-bond acceptors (Lipinski definition) is 4. The van der Waals surface area contributed by atoms with Crippen molar-refractivity contribution in [2.75, 3.05) is 13.7 Å². The molecule has 1 rings (SSSR count). The Morgan fingerprint density at radius 1 is 1.32 bits per heavy atom. The number of rotatable bonds is 6. The van der Waals surface area contributed by atoms with Crippen LogP contribution in [0.3, 0.4) is 0 Å². The molecule has 1 atom stereocenters.